The van der Waals surface area contributed by atoms with Crippen molar-refractivity contribution in [3.63, 3.8) is 0 Å². The van der Waals surface area contributed by atoms with Crippen LogP contribution >= 0.6 is 0 Å². The molecule has 1 N–H and O–H groups in total. The van der Waals surface area contributed by atoms with Gasteiger partial charge >= 0.3 is 0 Å². The Balaban J connectivity index is 1.73. The monoisotopic (exact) mass is 341 g/mol. The predicted octanol–water partition coefficient (Wildman–Crippen LogP) is 3.15. The van der Waals surface area contributed by atoms with E-state index in [2.05, 4.69) is 10.4 Å². The zero-order valence-electron chi connectivity index (χ0n) is 13.5. The van der Waals surface area contributed by atoms with E-state index in [-0.39, 0.29) is 18.2 Å². The van der Waals surface area contributed by atoms with Gasteiger partial charge in [0.25, 0.3) is 0 Å². The van der Waals surface area contributed by atoms with E-state index in [0.29, 0.717) is 23.7 Å². The molecule has 0 aliphatic carbocycles. The fourth-order valence-electron chi connectivity index (χ4n) is 3.13. The van der Waals surface area contributed by atoms with E-state index in [9.17, 15) is 9.18 Å². The minimum atomic E-state index is -0.399. The predicted molar refractivity (Wildman–Crippen MR) is 88.1 cm³/mol. The molecule has 1 atom stereocenters. The number of hydrogen-bond acceptors (Lipinski definition) is 4. The molecule has 3 heterocycles. The summed E-state index contributed by atoms with van der Waals surface area (Å²) < 4.78 is 26.5. The van der Waals surface area contributed by atoms with Crippen molar-refractivity contribution in [3.05, 3.63) is 65.5 Å². The number of halogens is 1. The second-order valence-corrected chi connectivity index (χ2v) is 5.88. The number of benzene rings is 1. The number of ether oxygens (including phenoxy) is 1. The molecule has 3 aromatic rings. The summed E-state index contributed by atoms with van der Waals surface area (Å²) in [5.41, 5.74) is 1.24. The number of fused-ring (bicyclic) bond motifs is 1. The van der Waals surface area contributed by atoms with Gasteiger partial charge < -0.3 is 14.5 Å². The van der Waals surface area contributed by atoms with Crippen LogP contribution in [0.25, 0.3) is 0 Å². The summed E-state index contributed by atoms with van der Waals surface area (Å²) in [6.07, 6.45) is 3.42. The highest BCUT2D eigenvalue weighted by molar-refractivity contribution is 5.94. The summed E-state index contributed by atoms with van der Waals surface area (Å²) in [6.45, 7) is 0.389. The molecule has 1 aliphatic rings. The van der Waals surface area contributed by atoms with Crippen LogP contribution in [0.2, 0.25) is 0 Å². The standard InChI is InChI=1S/C18H16FN3O3/c1-24-11-4-5-13(16(19)7-11)14-8-17(23)21-18-15(14)9-20-22(18)10-12-3-2-6-25-12/h2-7,9,14H,8,10H2,1H3,(H,21,23)/t14-/m0/s1. The minimum absolute atomic E-state index is 0.169. The lowest BCUT2D eigenvalue weighted by molar-refractivity contribution is -0.116. The second-order valence-electron chi connectivity index (χ2n) is 5.88. The highest BCUT2D eigenvalue weighted by Gasteiger charge is 2.31. The molecule has 0 radical (unpaired) electrons. The summed E-state index contributed by atoms with van der Waals surface area (Å²) in [5, 5.41) is 7.18. The van der Waals surface area contributed by atoms with Crippen molar-refractivity contribution in [1.29, 1.82) is 0 Å². The number of aromatic nitrogens is 2. The average molecular weight is 341 g/mol. The molecule has 0 saturated carbocycles. The number of rotatable bonds is 4. The first-order valence-corrected chi connectivity index (χ1v) is 7.87. The van der Waals surface area contributed by atoms with Crippen molar-refractivity contribution in [2.24, 2.45) is 0 Å². The van der Waals surface area contributed by atoms with E-state index in [1.807, 2.05) is 6.07 Å². The van der Waals surface area contributed by atoms with Gasteiger partial charge in [-0.2, -0.15) is 5.10 Å². The van der Waals surface area contributed by atoms with Crippen LogP contribution in [0, 0.1) is 5.82 Å². The van der Waals surface area contributed by atoms with Crippen molar-refractivity contribution in [3.8, 4) is 5.75 Å². The maximum atomic E-state index is 14.5. The van der Waals surface area contributed by atoms with E-state index in [1.54, 1.807) is 35.3 Å². The number of carbonyl (C=O) groups is 1. The van der Waals surface area contributed by atoms with Crippen LogP contribution in [0.3, 0.4) is 0 Å². The van der Waals surface area contributed by atoms with Gasteiger partial charge in [0.2, 0.25) is 5.91 Å². The zero-order valence-corrected chi connectivity index (χ0v) is 13.5. The van der Waals surface area contributed by atoms with Crippen molar-refractivity contribution in [1.82, 2.24) is 9.78 Å². The third-order valence-electron chi connectivity index (χ3n) is 4.36. The van der Waals surface area contributed by atoms with Gasteiger partial charge in [0.15, 0.2) is 0 Å². The molecule has 1 amide bonds. The summed E-state index contributed by atoms with van der Waals surface area (Å²) in [6, 6.07) is 8.30. The highest BCUT2D eigenvalue weighted by Crippen LogP contribution is 2.38. The number of anilines is 1. The van der Waals surface area contributed by atoms with Gasteiger partial charge in [-0.1, -0.05) is 6.07 Å². The van der Waals surface area contributed by atoms with E-state index < -0.39 is 5.82 Å². The lowest BCUT2D eigenvalue weighted by atomic mass is 9.87. The maximum absolute atomic E-state index is 14.5. The molecular weight excluding hydrogens is 325 g/mol. The molecule has 1 aromatic carbocycles. The molecule has 0 spiro atoms. The van der Waals surface area contributed by atoms with Crippen LogP contribution in [0.1, 0.15) is 29.2 Å². The number of nitrogens with one attached hydrogen (secondary N) is 1. The van der Waals surface area contributed by atoms with E-state index >= 15 is 0 Å². The molecule has 6 nitrogen and oxygen atoms in total. The summed E-state index contributed by atoms with van der Waals surface area (Å²) in [4.78, 5) is 12.2. The van der Waals surface area contributed by atoms with Gasteiger partial charge in [0.1, 0.15) is 29.7 Å². The Morgan fingerprint density at radius 3 is 3.00 bits per heavy atom. The first kappa shape index (κ1) is 15.4. The van der Waals surface area contributed by atoms with Gasteiger partial charge in [0, 0.05) is 24.0 Å². The topological polar surface area (TPSA) is 69.3 Å². The van der Waals surface area contributed by atoms with Crippen LogP contribution in [0.15, 0.2) is 47.2 Å². The summed E-state index contributed by atoms with van der Waals surface area (Å²) in [5.74, 6) is 0.777. The van der Waals surface area contributed by atoms with Gasteiger partial charge in [-0.05, 0) is 23.8 Å². The molecule has 7 heteroatoms. The first-order chi connectivity index (χ1) is 12.2. The fourth-order valence-corrected chi connectivity index (χ4v) is 3.13. The number of amides is 1. The Labute approximate surface area is 143 Å². The van der Waals surface area contributed by atoms with Crippen LogP contribution in [-0.2, 0) is 11.3 Å². The van der Waals surface area contributed by atoms with Gasteiger partial charge in [-0.25, -0.2) is 9.07 Å². The Morgan fingerprint density at radius 1 is 1.40 bits per heavy atom. The van der Waals surface area contributed by atoms with Crippen LogP contribution in [0.4, 0.5) is 10.2 Å². The number of carbonyl (C=O) groups excluding carboxylic acids is 1. The number of furan rings is 1. The van der Waals surface area contributed by atoms with Crippen molar-refractivity contribution >= 4 is 11.7 Å². The summed E-state index contributed by atoms with van der Waals surface area (Å²) in [7, 11) is 1.49. The van der Waals surface area contributed by atoms with Crippen molar-refractivity contribution in [2.75, 3.05) is 12.4 Å². The Kier molecular flexibility index (Phi) is 3.76. The summed E-state index contributed by atoms with van der Waals surface area (Å²) >= 11 is 0. The highest BCUT2D eigenvalue weighted by atomic mass is 19.1. The quantitative estimate of drug-likeness (QED) is 0.791. The largest absolute Gasteiger partial charge is 0.497 e. The molecule has 128 valence electrons. The molecule has 2 aromatic heterocycles. The van der Waals surface area contributed by atoms with Crippen LogP contribution < -0.4 is 10.1 Å². The number of nitrogens with zero attached hydrogens (tertiary/aromatic N) is 2. The lowest BCUT2D eigenvalue weighted by Gasteiger charge is -2.24. The molecule has 0 bridgehead atoms. The third kappa shape index (κ3) is 2.77. The van der Waals surface area contributed by atoms with Gasteiger partial charge in [-0.3, -0.25) is 4.79 Å². The first-order valence-electron chi connectivity index (χ1n) is 7.87. The van der Waals surface area contributed by atoms with Crippen molar-refractivity contribution in [2.45, 2.75) is 18.9 Å². The molecule has 0 saturated heterocycles. The molecule has 4 rings (SSSR count). The molecular formula is C18H16FN3O3. The van der Waals surface area contributed by atoms with E-state index in [4.69, 9.17) is 9.15 Å². The minimum Gasteiger partial charge on any atom is -0.497 e. The van der Waals surface area contributed by atoms with Crippen molar-refractivity contribution < 1.29 is 18.3 Å². The molecule has 25 heavy (non-hydrogen) atoms. The second kappa shape index (κ2) is 6.08. The molecule has 1 aliphatic heterocycles. The van der Waals surface area contributed by atoms with Gasteiger partial charge in [-0.15, -0.1) is 0 Å². The van der Waals surface area contributed by atoms with E-state index in [1.165, 1.54) is 13.2 Å². The number of methoxy groups -OCH3 is 1. The molecule has 0 unspecified atom stereocenters. The maximum Gasteiger partial charge on any atom is 0.226 e. The van der Waals surface area contributed by atoms with Crippen LogP contribution in [0.5, 0.6) is 5.75 Å². The Bertz CT molecular complexity index is 918. The van der Waals surface area contributed by atoms with Gasteiger partial charge in [0.05, 0.1) is 19.6 Å². The SMILES string of the molecule is COc1ccc([C@@H]2CC(=O)Nc3c2cnn3Cc2ccco2)c(F)c1. The smallest absolute Gasteiger partial charge is 0.226 e. The number of hydrogen-bond donors (Lipinski definition) is 1. The Morgan fingerprint density at radius 2 is 2.28 bits per heavy atom. The normalized spacial score (nSPS) is 16.4. The zero-order chi connectivity index (χ0) is 17.4. The lowest BCUT2D eigenvalue weighted by Crippen LogP contribution is -2.25. The third-order valence-corrected chi connectivity index (χ3v) is 4.36. The average Bonchev–Trinajstić information content (AvgIpc) is 3.25. The molecule has 0 fully saturated rings. The van der Waals surface area contributed by atoms with E-state index in [0.717, 1.165) is 11.3 Å². The van der Waals surface area contributed by atoms with Crippen LogP contribution in [-0.4, -0.2) is 22.8 Å². The fraction of sp³-hybridized carbons (Fsp3) is 0.222. The Hall–Kier alpha value is -3.09.